The Kier molecular flexibility index (Phi) is 6.00. The molecule has 1 rings (SSSR count). The third kappa shape index (κ3) is 5.41. The number of nitrogens with one attached hydrogen (secondary N) is 1. The molecule has 19 heavy (non-hydrogen) atoms. The molecule has 0 fully saturated rings. The number of ether oxygens (including phenoxy) is 1. The third-order valence-corrected chi connectivity index (χ3v) is 3.71. The Bertz CT molecular complexity index is 483. The molecule has 0 aromatic carbocycles. The summed E-state index contributed by atoms with van der Waals surface area (Å²) in [7, 11) is -1.81. The Labute approximate surface area is 112 Å². The molecule has 0 atom stereocenters. The van der Waals surface area contributed by atoms with Gasteiger partial charge in [0.1, 0.15) is 0 Å². The van der Waals surface area contributed by atoms with Gasteiger partial charge in [0.2, 0.25) is 10.0 Å². The first-order chi connectivity index (χ1) is 8.95. The topological polar surface area (TPSA) is 88.8 Å². The van der Waals surface area contributed by atoms with Gasteiger partial charge in [-0.15, -0.1) is 0 Å². The highest BCUT2D eigenvalue weighted by Gasteiger charge is 2.16. The van der Waals surface area contributed by atoms with E-state index in [9.17, 15) is 13.2 Å². The Morgan fingerprint density at radius 3 is 2.74 bits per heavy atom. The van der Waals surface area contributed by atoms with Gasteiger partial charge in [0.25, 0.3) is 5.91 Å². The van der Waals surface area contributed by atoms with Crippen molar-refractivity contribution in [3.63, 3.8) is 0 Å². The average Bonchev–Trinajstić information content (AvgIpc) is 2.85. The smallest absolute Gasteiger partial charge is 0.287 e. The maximum Gasteiger partial charge on any atom is 0.287 e. The van der Waals surface area contributed by atoms with E-state index in [0.29, 0.717) is 6.61 Å². The van der Waals surface area contributed by atoms with Crippen LogP contribution in [0.4, 0.5) is 0 Å². The molecule has 0 unspecified atom stereocenters. The average molecular weight is 290 g/mol. The number of amides is 1. The Hall–Kier alpha value is -1.38. The van der Waals surface area contributed by atoms with E-state index >= 15 is 0 Å². The molecule has 0 saturated carbocycles. The summed E-state index contributed by atoms with van der Waals surface area (Å²) in [5.41, 5.74) is 0. The monoisotopic (exact) mass is 290 g/mol. The van der Waals surface area contributed by atoms with Crippen molar-refractivity contribution in [3.05, 3.63) is 24.2 Å². The molecule has 0 spiro atoms. The summed E-state index contributed by atoms with van der Waals surface area (Å²) in [4.78, 5) is 11.6. The number of nitrogens with zero attached hydrogens (tertiary/aromatic N) is 1. The lowest BCUT2D eigenvalue weighted by Crippen LogP contribution is -2.39. The van der Waals surface area contributed by atoms with Gasteiger partial charge in [0.05, 0.1) is 19.1 Å². The van der Waals surface area contributed by atoms with Crippen LogP contribution in [0.2, 0.25) is 0 Å². The quantitative estimate of drug-likeness (QED) is 0.723. The first-order valence-corrected chi connectivity index (χ1v) is 7.55. The summed E-state index contributed by atoms with van der Waals surface area (Å²) in [5.74, 6) is -0.173. The maximum atomic E-state index is 11.6. The van der Waals surface area contributed by atoms with Gasteiger partial charge in [-0.1, -0.05) is 0 Å². The van der Waals surface area contributed by atoms with Crippen molar-refractivity contribution in [2.24, 2.45) is 0 Å². The molecular weight excluding hydrogens is 272 g/mol. The van der Waals surface area contributed by atoms with E-state index in [0.717, 1.165) is 6.26 Å². The van der Waals surface area contributed by atoms with E-state index in [4.69, 9.17) is 9.15 Å². The number of furan rings is 1. The van der Waals surface area contributed by atoms with Crippen LogP contribution in [0.1, 0.15) is 10.6 Å². The molecule has 0 radical (unpaired) electrons. The summed E-state index contributed by atoms with van der Waals surface area (Å²) in [6.07, 6.45) is 2.52. The third-order valence-electron chi connectivity index (χ3n) is 2.41. The Balaban J connectivity index is 2.42. The van der Waals surface area contributed by atoms with Crippen molar-refractivity contribution in [2.75, 3.05) is 39.6 Å². The van der Waals surface area contributed by atoms with Crippen LogP contribution in [0.15, 0.2) is 22.8 Å². The number of hydrogen-bond acceptors (Lipinski definition) is 5. The van der Waals surface area contributed by atoms with Crippen molar-refractivity contribution >= 4 is 15.9 Å². The van der Waals surface area contributed by atoms with E-state index in [1.54, 1.807) is 6.07 Å². The van der Waals surface area contributed by atoms with Crippen LogP contribution in [0.5, 0.6) is 0 Å². The molecule has 0 saturated heterocycles. The molecular formula is C11H18N2O5S. The minimum atomic E-state index is -3.31. The lowest BCUT2D eigenvalue weighted by molar-refractivity contribution is 0.0923. The van der Waals surface area contributed by atoms with Gasteiger partial charge in [-0.3, -0.25) is 4.79 Å². The molecule has 7 nitrogen and oxygen atoms in total. The highest BCUT2D eigenvalue weighted by molar-refractivity contribution is 7.88. The zero-order valence-electron chi connectivity index (χ0n) is 11.0. The zero-order valence-corrected chi connectivity index (χ0v) is 11.8. The van der Waals surface area contributed by atoms with Crippen molar-refractivity contribution in [1.82, 2.24) is 9.62 Å². The predicted octanol–water partition coefficient (Wildman–Crippen LogP) is -0.0826. The minimum absolute atomic E-state index is 0.189. The number of sulfonamides is 1. The fourth-order valence-electron chi connectivity index (χ4n) is 1.43. The van der Waals surface area contributed by atoms with Gasteiger partial charge in [-0.25, -0.2) is 8.42 Å². The van der Waals surface area contributed by atoms with E-state index in [1.807, 2.05) is 0 Å². The lowest BCUT2D eigenvalue weighted by Gasteiger charge is -2.19. The van der Waals surface area contributed by atoms with Gasteiger partial charge in [0, 0.05) is 26.7 Å². The SMILES string of the molecule is COCCN(CCNC(=O)c1ccco1)S(C)(=O)=O. The van der Waals surface area contributed by atoms with Gasteiger partial charge in [0.15, 0.2) is 5.76 Å². The molecule has 8 heteroatoms. The lowest BCUT2D eigenvalue weighted by atomic mass is 10.4. The van der Waals surface area contributed by atoms with Crippen molar-refractivity contribution in [2.45, 2.75) is 0 Å². The van der Waals surface area contributed by atoms with Gasteiger partial charge >= 0.3 is 0 Å². The Morgan fingerprint density at radius 2 is 2.21 bits per heavy atom. The standard InChI is InChI=1S/C11H18N2O5S/c1-17-9-7-13(19(2,15)16)6-5-12-11(14)10-4-3-8-18-10/h3-4,8H,5-7,9H2,1-2H3,(H,12,14). The predicted molar refractivity (Wildman–Crippen MR) is 69.3 cm³/mol. The molecule has 1 N–H and O–H groups in total. The van der Waals surface area contributed by atoms with Crippen molar-refractivity contribution in [3.8, 4) is 0 Å². The molecule has 0 aliphatic heterocycles. The highest BCUT2D eigenvalue weighted by Crippen LogP contribution is 2.00. The summed E-state index contributed by atoms with van der Waals surface area (Å²) in [6, 6.07) is 3.14. The van der Waals surface area contributed by atoms with Gasteiger partial charge in [-0.05, 0) is 12.1 Å². The van der Waals surface area contributed by atoms with Crippen molar-refractivity contribution < 1.29 is 22.4 Å². The van der Waals surface area contributed by atoms with Gasteiger partial charge < -0.3 is 14.5 Å². The summed E-state index contributed by atoms with van der Waals surface area (Å²) in [6.45, 7) is 0.954. The summed E-state index contributed by atoms with van der Waals surface area (Å²) in [5, 5.41) is 2.58. The maximum absolute atomic E-state index is 11.6. The van der Waals surface area contributed by atoms with Crippen LogP contribution in [0.25, 0.3) is 0 Å². The highest BCUT2D eigenvalue weighted by atomic mass is 32.2. The van der Waals surface area contributed by atoms with Crippen LogP contribution < -0.4 is 5.32 Å². The van der Waals surface area contributed by atoms with Crippen LogP contribution in [-0.4, -0.2) is 58.2 Å². The van der Waals surface area contributed by atoms with Crippen LogP contribution >= 0.6 is 0 Å². The molecule has 1 aromatic rings. The number of hydrogen-bond donors (Lipinski definition) is 1. The van der Waals surface area contributed by atoms with Crippen LogP contribution in [0.3, 0.4) is 0 Å². The first kappa shape index (κ1) is 15.7. The number of methoxy groups -OCH3 is 1. The number of carbonyl (C=O) groups is 1. The second-order valence-corrected chi connectivity index (χ2v) is 5.87. The second-order valence-electron chi connectivity index (χ2n) is 3.89. The second kappa shape index (κ2) is 7.27. The summed E-state index contributed by atoms with van der Waals surface area (Å²) >= 11 is 0. The number of rotatable bonds is 8. The van der Waals surface area contributed by atoms with E-state index in [2.05, 4.69) is 5.32 Å². The molecule has 1 aromatic heterocycles. The Morgan fingerprint density at radius 1 is 1.47 bits per heavy atom. The molecule has 1 heterocycles. The first-order valence-electron chi connectivity index (χ1n) is 5.71. The minimum Gasteiger partial charge on any atom is -0.459 e. The molecule has 0 bridgehead atoms. The van der Waals surface area contributed by atoms with Crippen LogP contribution in [-0.2, 0) is 14.8 Å². The van der Waals surface area contributed by atoms with Crippen molar-refractivity contribution in [1.29, 1.82) is 0 Å². The normalized spacial score (nSPS) is 11.7. The fraction of sp³-hybridized carbons (Fsp3) is 0.545. The van der Waals surface area contributed by atoms with E-state index in [1.165, 1.54) is 23.7 Å². The molecule has 1 amide bonds. The van der Waals surface area contributed by atoms with E-state index < -0.39 is 10.0 Å². The van der Waals surface area contributed by atoms with Gasteiger partial charge in [-0.2, -0.15) is 4.31 Å². The summed E-state index contributed by atoms with van der Waals surface area (Å²) < 4.78 is 34.0. The molecule has 0 aliphatic carbocycles. The fourth-order valence-corrected chi connectivity index (χ4v) is 2.25. The largest absolute Gasteiger partial charge is 0.459 e. The van der Waals surface area contributed by atoms with E-state index in [-0.39, 0.29) is 31.3 Å². The van der Waals surface area contributed by atoms with Crippen LogP contribution in [0, 0.1) is 0 Å². The zero-order chi connectivity index (χ0) is 14.3. The molecule has 108 valence electrons. The number of carbonyl (C=O) groups excluding carboxylic acids is 1. The molecule has 0 aliphatic rings.